The van der Waals surface area contributed by atoms with Crippen molar-refractivity contribution in [2.75, 3.05) is 13.2 Å². The first kappa shape index (κ1) is 27.0. The molecule has 0 radical (unpaired) electrons. The van der Waals surface area contributed by atoms with Gasteiger partial charge in [-0.05, 0) is 81.9 Å². The van der Waals surface area contributed by atoms with E-state index in [4.69, 9.17) is 41.9 Å². The standard InChI is InChI=1S/C32H33Cl2N3O4/c1-2-38-30-23-15-22(6-5-20(23)7-14-36-30)39-19-31-8-11-32(12-9-31,13-10-31)40-18-24-28(37-41-29(24)21-3-4-21)27-25(33)16-35-17-26(27)34/h5-7,14-17,21H,2-4,8-13,18-19H2,1H3. The second-order valence-electron chi connectivity index (χ2n) is 11.8. The van der Waals surface area contributed by atoms with Crippen molar-refractivity contribution < 1.29 is 18.7 Å². The third-order valence-electron chi connectivity index (χ3n) is 9.24. The van der Waals surface area contributed by atoms with Gasteiger partial charge >= 0.3 is 0 Å². The average Bonchev–Trinajstić information content (AvgIpc) is 3.76. The highest BCUT2D eigenvalue weighted by Crippen LogP contribution is 2.55. The molecule has 41 heavy (non-hydrogen) atoms. The van der Waals surface area contributed by atoms with Gasteiger partial charge in [0, 0.05) is 46.4 Å². The number of benzene rings is 1. The summed E-state index contributed by atoms with van der Waals surface area (Å²) in [6.45, 7) is 3.70. The molecule has 9 heteroatoms. The Kier molecular flexibility index (Phi) is 7.08. The van der Waals surface area contributed by atoms with Crippen molar-refractivity contribution in [3.8, 4) is 22.9 Å². The molecule has 0 saturated heterocycles. The smallest absolute Gasteiger partial charge is 0.221 e. The zero-order chi connectivity index (χ0) is 28.0. The fraction of sp³-hybridized carbons (Fsp3) is 0.469. The van der Waals surface area contributed by atoms with Crippen LogP contribution in [0.2, 0.25) is 10.0 Å². The lowest BCUT2D eigenvalue weighted by Gasteiger charge is -2.52. The highest BCUT2D eigenvalue weighted by atomic mass is 35.5. The minimum Gasteiger partial charge on any atom is -0.493 e. The van der Waals surface area contributed by atoms with Crippen LogP contribution in [0.25, 0.3) is 22.0 Å². The SMILES string of the molecule is CCOc1nccc2ccc(OCC34CCC(OCc5c(-c6c(Cl)cncc6Cl)noc5C5CC5)(CC3)CC4)cc12. The van der Waals surface area contributed by atoms with Crippen LogP contribution < -0.4 is 9.47 Å². The molecule has 0 spiro atoms. The lowest BCUT2D eigenvalue weighted by atomic mass is 9.59. The number of rotatable bonds is 10. The van der Waals surface area contributed by atoms with Crippen molar-refractivity contribution in [1.82, 2.24) is 15.1 Å². The van der Waals surface area contributed by atoms with Gasteiger partial charge < -0.3 is 18.7 Å². The molecule has 0 N–H and O–H groups in total. The molecule has 4 aliphatic rings. The topological polar surface area (TPSA) is 79.5 Å². The third kappa shape index (κ3) is 5.17. The first-order valence-electron chi connectivity index (χ1n) is 14.5. The minimum absolute atomic E-state index is 0.135. The lowest BCUT2D eigenvalue weighted by molar-refractivity contribution is -0.150. The van der Waals surface area contributed by atoms with Crippen molar-refractivity contribution in [2.45, 2.75) is 76.4 Å². The fourth-order valence-electron chi connectivity index (χ4n) is 6.55. The highest BCUT2D eigenvalue weighted by molar-refractivity contribution is 6.38. The Morgan fingerprint density at radius 1 is 0.976 bits per heavy atom. The van der Waals surface area contributed by atoms with Gasteiger partial charge in [0.2, 0.25) is 5.88 Å². The summed E-state index contributed by atoms with van der Waals surface area (Å²) >= 11 is 13.0. The lowest BCUT2D eigenvalue weighted by Crippen LogP contribution is -2.49. The second kappa shape index (κ2) is 10.8. The summed E-state index contributed by atoms with van der Waals surface area (Å²) in [6.07, 6.45) is 13.5. The number of nitrogens with zero attached hydrogens (tertiary/aromatic N) is 3. The number of aromatic nitrogens is 3. The van der Waals surface area contributed by atoms with Crippen LogP contribution in [-0.4, -0.2) is 33.9 Å². The Labute approximate surface area is 249 Å². The predicted octanol–water partition coefficient (Wildman–Crippen LogP) is 8.56. The number of ether oxygens (including phenoxy) is 3. The highest BCUT2D eigenvalue weighted by Gasteiger charge is 2.50. The third-order valence-corrected chi connectivity index (χ3v) is 9.81. The summed E-state index contributed by atoms with van der Waals surface area (Å²) in [6, 6.07) is 8.17. The summed E-state index contributed by atoms with van der Waals surface area (Å²) in [7, 11) is 0. The Morgan fingerprint density at radius 3 is 2.44 bits per heavy atom. The van der Waals surface area contributed by atoms with Crippen LogP contribution in [-0.2, 0) is 11.3 Å². The van der Waals surface area contributed by atoms with Gasteiger partial charge in [-0.15, -0.1) is 0 Å². The van der Waals surface area contributed by atoms with Crippen LogP contribution in [0, 0.1) is 5.41 Å². The zero-order valence-corrected chi connectivity index (χ0v) is 24.6. The molecule has 4 aromatic rings. The molecule has 2 bridgehead atoms. The van der Waals surface area contributed by atoms with Gasteiger partial charge in [-0.25, -0.2) is 4.98 Å². The Bertz CT molecular complexity index is 1540. The van der Waals surface area contributed by atoms with E-state index in [1.54, 1.807) is 18.6 Å². The maximum Gasteiger partial charge on any atom is 0.221 e. The molecular weight excluding hydrogens is 561 g/mol. The van der Waals surface area contributed by atoms with Crippen LogP contribution in [0.3, 0.4) is 0 Å². The molecular formula is C32H33Cl2N3O4. The summed E-state index contributed by atoms with van der Waals surface area (Å²) in [5.74, 6) is 2.82. The first-order chi connectivity index (χ1) is 20.0. The van der Waals surface area contributed by atoms with Crippen molar-refractivity contribution in [3.63, 3.8) is 0 Å². The molecule has 4 saturated carbocycles. The van der Waals surface area contributed by atoms with Crippen molar-refractivity contribution in [3.05, 3.63) is 64.2 Å². The predicted molar refractivity (Wildman–Crippen MR) is 158 cm³/mol. The Morgan fingerprint density at radius 2 is 1.73 bits per heavy atom. The van der Waals surface area contributed by atoms with Gasteiger partial charge in [-0.3, -0.25) is 4.98 Å². The molecule has 8 rings (SSSR count). The second-order valence-corrected chi connectivity index (χ2v) is 12.6. The number of halogens is 2. The monoisotopic (exact) mass is 593 g/mol. The molecule has 1 aromatic carbocycles. The maximum atomic E-state index is 6.79. The number of fused-ring (bicyclic) bond motifs is 4. The maximum absolute atomic E-state index is 6.79. The molecule has 214 valence electrons. The molecule has 0 atom stereocenters. The molecule has 4 aliphatic carbocycles. The molecule has 3 aromatic heterocycles. The average molecular weight is 595 g/mol. The van der Waals surface area contributed by atoms with Gasteiger partial charge in [0.05, 0.1) is 35.5 Å². The Balaban J connectivity index is 1.03. The van der Waals surface area contributed by atoms with Crippen LogP contribution in [0.15, 0.2) is 47.4 Å². The van der Waals surface area contributed by atoms with E-state index in [1.807, 2.05) is 19.1 Å². The Hall–Kier alpha value is -2.87. The van der Waals surface area contributed by atoms with Crippen molar-refractivity contribution in [1.29, 1.82) is 0 Å². The van der Waals surface area contributed by atoms with Crippen LogP contribution in [0.1, 0.15) is 75.5 Å². The summed E-state index contributed by atoms with van der Waals surface area (Å²) < 4.78 is 24.8. The van der Waals surface area contributed by atoms with Crippen LogP contribution in [0.5, 0.6) is 11.6 Å². The van der Waals surface area contributed by atoms with Gasteiger partial charge in [0.1, 0.15) is 17.2 Å². The summed E-state index contributed by atoms with van der Waals surface area (Å²) in [4.78, 5) is 8.50. The van der Waals surface area contributed by atoms with Gasteiger partial charge in [0.15, 0.2) is 0 Å². The van der Waals surface area contributed by atoms with Crippen LogP contribution >= 0.6 is 23.2 Å². The number of hydrogen-bond donors (Lipinski definition) is 0. The van der Waals surface area contributed by atoms with Crippen LogP contribution in [0.4, 0.5) is 0 Å². The van der Waals surface area contributed by atoms with E-state index in [0.717, 1.165) is 79.2 Å². The quantitative estimate of drug-likeness (QED) is 0.182. The van der Waals surface area contributed by atoms with Crippen molar-refractivity contribution >= 4 is 34.0 Å². The fourth-order valence-corrected chi connectivity index (χ4v) is 7.09. The number of pyridine rings is 2. The minimum atomic E-state index is -0.135. The molecule has 7 nitrogen and oxygen atoms in total. The zero-order valence-electron chi connectivity index (χ0n) is 23.1. The molecule has 0 amide bonds. The molecule has 0 unspecified atom stereocenters. The van der Waals surface area contributed by atoms with E-state index in [9.17, 15) is 0 Å². The van der Waals surface area contributed by atoms with E-state index < -0.39 is 0 Å². The molecule has 3 heterocycles. The normalized spacial score (nSPS) is 23.7. The molecule has 0 aliphatic heterocycles. The van der Waals surface area contributed by atoms with E-state index in [2.05, 4.69) is 27.3 Å². The van der Waals surface area contributed by atoms with Crippen molar-refractivity contribution in [2.24, 2.45) is 5.41 Å². The van der Waals surface area contributed by atoms with Gasteiger partial charge in [-0.1, -0.05) is 34.4 Å². The summed E-state index contributed by atoms with van der Waals surface area (Å²) in [5, 5.41) is 7.42. The molecule has 4 fully saturated rings. The van der Waals surface area contributed by atoms with Gasteiger partial charge in [-0.2, -0.15) is 0 Å². The van der Waals surface area contributed by atoms with E-state index in [0.29, 0.717) is 52.9 Å². The van der Waals surface area contributed by atoms with E-state index >= 15 is 0 Å². The number of hydrogen-bond acceptors (Lipinski definition) is 7. The first-order valence-corrected chi connectivity index (χ1v) is 15.3. The van der Waals surface area contributed by atoms with E-state index in [1.165, 1.54) is 0 Å². The van der Waals surface area contributed by atoms with Gasteiger partial charge in [0.25, 0.3) is 0 Å². The van der Waals surface area contributed by atoms with E-state index in [-0.39, 0.29) is 11.0 Å². The summed E-state index contributed by atoms with van der Waals surface area (Å²) in [5.41, 5.74) is 2.35. The largest absolute Gasteiger partial charge is 0.493 e.